The fourth-order valence-corrected chi connectivity index (χ4v) is 4.16. The van der Waals surface area contributed by atoms with Gasteiger partial charge in [0.25, 0.3) is 5.56 Å². The number of H-pyrrole nitrogens is 1. The van der Waals surface area contributed by atoms with Crippen LogP contribution >= 0.6 is 0 Å². The zero-order valence-electron chi connectivity index (χ0n) is 15.0. The number of fused-ring (bicyclic) bond motifs is 1. The quantitative estimate of drug-likeness (QED) is 0.828. The molecule has 2 heterocycles. The molecule has 0 saturated heterocycles. The molecule has 1 aliphatic heterocycles. The van der Waals surface area contributed by atoms with Crippen molar-refractivity contribution < 1.29 is 13.2 Å². The highest BCUT2D eigenvalue weighted by atomic mass is 19.2. The molecule has 1 saturated carbocycles. The minimum Gasteiger partial charge on any atom is -0.310 e. The van der Waals surface area contributed by atoms with Crippen molar-refractivity contribution in [3.8, 4) is 0 Å². The summed E-state index contributed by atoms with van der Waals surface area (Å²) in [4.78, 5) is 22.2. The highest BCUT2D eigenvalue weighted by Gasteiger charge is 2.25. The molecule has 4 nitrogen and oxygen atoms in total. The van der Waals surface area contributed by atoms with Gasteiger partial charge < -0.3 is 4.98 Å². The number of aromatic amines is 1. The molecule has 2 aromatic rings. The van der Waals surface area contributed by atoms with Crippen molar-refractivity contribution in [2.45, 2.75) is 57.5 Å². The first-order chi connectivity index (χ1) is 13.0. The Kier molecular flexibility index (Phi) is 5.04. The van der Waals surface area contributed by atoms with Crippen LogP contribution < -0.4 is 5.56 Å². The number of nitrogens with one attached hydrogen (secondary N) is 1. The van der Waals surface area contributed by atoms with E-state index in [1.54, 1.807) is 0 Å². The maximum Gasteiger partial charge on any atom is 0.255 e. The number of hydrogen-bond donors (Lipinski definition) is 1. The molecule has 2 aliphatic rings. The van der Waals surface area contributed by atoms with Gasteiger partial charge in [0.2, 0.25) is 0 Å². The third-order valence-corrected chi connectivity index (χ3v) is 5.61. The van der Waals surface area contributed by atoms with Crippen LogP contribution in [0.2, 0.25) is 0 Å². The fourth-order valence-electron chi connectivity index (χ4n) is 4.16. The van der Waals surface area contributed by atoms with Crippen LogP contribution in [0.25, 0.3) is 0 Å². The fraction of sp³-hybridized carbons (Fsp3) is 0.500. The average molecular weight is 377 g/mol. The van der Waals surface area contributed by atoms with Crippen molar-refractivity contribution in [1.29, 1.82) is 0 Å². The number of aromatic nitrogens is 2. The molecule has 0 unspecified atom stereocenters. The van der Waals surface area contributed by atoms with Crippen LogP contribution in [0.1, 0.15) is 60.7 Å². The lowest BCUT2D eigenvalue weighted by Gasteiger charge is -2.29. The molecule has 0 amide bonds. The maximum atomic E-state index is 13.4. The van der Waals surface area contributed by atoms with Gasteiger partial charge in [0.1, 0.15) is 5.82 Å². The van der Waals surface area contributed by atoms with E-state index in [4.69, 9.17) is 4.98 Å². The molecule has 27 heavy (non-hydrogen) atoms. The Morgan fingerprint density at radius 3 is 2.52 bits per heavy atom. The van der Waals surface area contributed by atoms with E-state index in [1.807, 2.05) is 4.90 Å². The van der Waals surface area contributed by atoms with Crippen molar-refractivity contribution in [1.82, 2.24) is 14.9 Å². The summed E-state index contributed by atoms with van der Waals surface area (Å²) in [6.45, 7) is 1.24. The molecular formula is C20H22F3N3O. The van der Waals surface area contributed by atoms with Crippen LogP contribution in [0, 0.1) is 17.5 Å². The van der Waals surface area contributed by atoms with Gasteiger partial charge in [-0.05, 0) is 30.5 Å². The second kappa shape index (κ2) is 7.46. The topological polar surface area (TPSA) is 49.0 Å². The van der Waals surface area contributed by atoms with Gasteiger partial charge in [0, 0.05) is 32.0 Å². The molecule has 0 radical (unpaired) electrons. The van der Waals surface area contributed by atoms with Crippen molar-refractivity contribution in [2.24, 2.45) is 0 Å². The molecule has 0 atom stereocenters. The summed E-state index contributed by atoms with van der Waals surface area (Å²) in [5.41, 5.74) is 1.66. The lowest BCUT2D eigenvalue weighted by atomic mass is 9.88. The normalized spacial score (nSPS) is 18.5. The second-order valence-electron chi connectivity index (χ2n) is 7.55. The van der Waals surface area contributed by atoms with Crippen molar-refractivity contribution in [2.75, 3.05) is 6.54 Å². The Hall–Kier alpha value is -2.15. The van der Waals surface area contributed by atoms with Crippen LogP contribution in [0.15, 0.2) is 16.9 Å². The van der Waals surface area contributed by atoms with Crippen molar-refractivity contribution >= 4 is 0 Å². The third-order valence-electron chi connectivity index (χ3n) is 5.61. The number of halogens is 3. The molecule has 1 N–H and O–H groups in total. The van der Waals surface area contributed by atoms with E-state index in [0.717, 1.165) is 36.5 Å². The van der Waals surface area contributed by atoms with E-state index in [-0.39, 0.29) is 12.1 Å². The van der Waals surface area contributed by atoms with E-state index in [0.29, 0.717) is 36.6 Å². The minimum atomic E-state index is -1.46. The zero-order valence-corrected chi connectivity index (χ0v) is 15.0. The Morgan fingerprint density at radius 1 is 1.11 bits per heavy atom. The third kappa shape index (κ3) is 3.78. The smallest absolute Gasteiger partial charge is 0.255 e. The van der Waals surface area contributed by atoms with Crippen LogP contribution in [0.3, 0.4) is 0 Å². The number of rotatable bonds is 3. The number of nitrogens with zero attached hydrogens (tertiary/aromatic N) is 2. The second-order valence-corrected chi connectivity index (χ2v) is 7.55. The highest BCUT2D eigenvalue weighted by Crippen LogP contribution is 2.31. The summed E-state index contributed by atoms with van der Waals surface area (Å²) in [5, 5.41) is 0. The molecule has 1 aliphatic carbocycles. The van der Waals surface area contributed by atoms with Gasteiger partial charge in [-0.1, -0.05) is 19.3 Å². The van der Waals surface area contributed by atoms with Gasteiger partial charge in [0.05, 0.1) is 11.3 Å². The van der Waals surface area contributed by atoms with Crippen LogP contribution in [-0.4, -0.2) is 21.4 Å². The first-order valence-electron chi connectivity index (χ1n) is 9.49. The first-order valence-corrected chi connectivity index (χ1v) is 9.49. The molecule has 1 aromatic heterocycles. The summed E-state index contributed by atoms with van der Waals surface area (Å²) >= 11 is 0. The predicted molar refractivity (Wildman–Crippen MR) is 94.8 cm³/mol. The van der Waals surface area contributed by atoms with E-state index in [1.165, 1.54) is 19.3 Å². The first kappa shape index (κ1) is 18.2. The van der Waals surface area contributed by atoms with Gasteiger partial charge >= 0.3 is 0 Å². The summed E-state index contributed by atoms with van der Waals surface area (Å²) in [5.74, 6) is -2.72. The lowest BCUT2D eigenvalue weighted by molar-refractivity contribution is 0.240. The minimum absolute atomic E-state index is 0.123. The molecule has 1 aromatic carbocycles. The number of hydrogen-bond acceptors (Lipinski definition) is 3. The standard InChI is InChI=1S/C20H22F3N3O/c21-15-8-12(9-16(22)18(15)23)10-26-7-6-17-14(11-26)20(27)25-19(24-17)13-4-2-1-3-5-13/h8-9,13H,1-7,10-11H2,(H,24,25,27). The number of benzene rings is 1. The molecule has 7 heteroatoms. The van der Waals surface area contributed by atoms with Gasteiger partial charge in [0.15, 0.2) is 17.5 Å². The SMILES string of the molecule is O=c1[nH]c(C2CCCCC2)nc2c1CN(Cc1cc(F)c(F)c(F)c1)CC2. The summed E-state index contributed by atoms with van der Waals surface area (Å²) in [6.07, 6.45) is 6.33. The van der Waals surface area contributed by atoms with Crippen LogP contribution in [0.5, 0.6) is 0 Å². The molecule has 144 valence electrons. The van der Waals surface area contributed by atoms with Crippen LogP contribution in [-0.2, 0) is 19.5 Å². The Bertz CT molecular complexity index is 883. The van der Waals surface area contributed by atoms with Gasteiger partial charge in [-0.3, -0.25) is 9.69 Å². The lowest BCUT2D eigenvalue weighted by Crippen LogP contribution is -2.36. The summed E-state index contributed by atoms with van der Waals surface area (Å²) in [6, 6.07) is 2.01. The molecular weight excluding hydrogens is 355 g/mol. The average Bonchev–Trinajstić information content (AvgIpc) is 2.67. The monoisotopic (exact) mass is 377 g/mol. The predicted octanol–water partition coefficient (Wildman–Crippen LogP) is 3.79. The van der Waals surface area contributed by atoms with Crippen LogP contribution in [0.4, 0.5) is 13.2 Å². The molecule has 4 rings (SSSR count). The largest absolute Gasteiger partial charge is 0.310 e. The maximum absolute atomic E-state index is 13.4. The summed E-state index contributed by atoms with van der Waals surface area (Å²) < 4.78 is 40.0. The molecule has 0 bridgehead atoms. The molecule has 1 fully saturated rings. The van der Waals surface area contributed by atoms with Gasteiger partial charge in [-0.15, -0.1) is 0 Å². The van der Waals surface area contributed by atoms with Crippen molar-refractivity contribution in [3.63, 3.8) is 0 Å². The Balaban J connectivity index is 1.52. The van der Waals surface area contributed by atoms with Gasteiger partial charge in [-0.25, -0.2) is 18.2 Å². The Labute approximate surface area is 155 Å². The zero-order chi connectivity index (χ0) is 19.0. The van der Waals surface area contributed by atoms with Gasteiger partial charge in [-0.2, -0.15) is 0 Å². The molecule has 0 spiro atoms. The summed E-state index contributed by atoms with van der Waals surface area (Å²) in [7, 11) is 0. The van der Waals surface area contributed by atoms with E-state index in [9.17, 15) is 18.0 Å². The van der Waals surface area contributed by atoms with Crippen molar-refractivity contribution in [3.05, 3.63) is 62.6 Å². The highest BCUT2D eigenvalue weighted by molar-refractivity contribution is 5.24. The Morgan fingerprint density at radius 2 is 1.81 bits per heavy atom. The van der Waals surface area contributed by atoms with E-state index in [2.05, 4.69) is 4.98 Å². The van der Waals surface area contributed by atoms with E-state index >= 15 is 0 Å². The van der Waals surface area contributed by atoms with E-state index < -0.39 is 17.5 Å².